The molecule has 37 heavy (non-hydrogen) atoms. The SMILES string of the molecule is Cc1c(C(=O)N2C[C@H]3[C@@H](CCOCc4ccccn4)CO[C@H]3C2)oc2ccccc12.O=C(O)C(F)(F)F. The Balaban J connectivity index is 0.000000405. The molecule has 2 fully saturated rings. The number of hydrogen-bond acceptors (Lipinski definition) is 6. The summed E-state index contributed by atoms with van der Waals surface area (Å²) in [5, 5.41) is 8.12. The number of nitrogens with zero attached hydrogens (tertiary/aromatic N) is 2. The van der Waals surface area contributed by atoms with Gasteiger partial charge in [0.15, 0.2) is 5.76 Å². The first-order valence-electron chi connectivity index (χ1n) is 11.8. The van der Waals surface area contributed by atoms with E-state index >= 15 is 0 Å². The number of pyridine rings is 1. The minimum absolute atomic E-state index is 0.0353. The number of benzene rings is 1. The zero-order valence-corrected chi connectivity index (χ0v) is 20.1. The van der Waals surface area contributed by atoms with Crippen LogP contribution in [0.2, 0.25) is 0 Å². The minimum atomic E-state index is -5.08. The van der Waals surface area contributed by atoms with Crippen molar-refractivity contribution in [2.45, 2.75) is 32.2 Å². The number of aryl methyl sites for hydroxylation is 1. The molecule has 3 atom stereocenters. The van der Waals surface area contributed by atoms with Gasteiger partial charge in [-0.25, -0.2) is 4.79 Å². The fourth-order valence-electron chi connectivity index (χ4n) is 4.68. The molecule has 1 N–H and O–H groups in total. The van der Waals surface area contributed by atoms with E-state index < -0.39 is 12.1 Å². The van der Waals surface area contributed by atoms with E-state index in [0.717, 1.165) is 35.3 Å². The number of furan rings is 1. The quantitative estimate of drug-likeness (QED) is 0.479. The maximum absolute atomic E-state index is 13.1. The summed E-state index contributed by atoms with van der Waals surface area (Å²) in [6.45, 7) is 5.24. The minimum Gasteiger partial charge on any atom is -0.475 e. The summed E-state index contributed by atoms with van der Waals surface area (Å²) in [5.74, 6) is -1.57. The Hall–Kier alpha value is -3.44. The predicted molar refractivity (Wildman–Crippen MR) is 126 cm³/mol. The number of amides is 1. The van der Waals surface area contributed by atoms with Crippen LogP contribution in [-0.2, 0) is 20.9 Å². The molecule has 8 nitrogen and oxygen atoms in total. The van der Waals surface area contributed by atoms with E-state index in [2.05, 4.69) is 4.98 Å². The number of ether oxygens (including phenoxy) is 2. The Bertz CT molecular complexity index is 1230. The highest BCUT2D eigenvalue weighted by molar-refractivity contribution is 5.99. The Kier molecular flexibility index (Phi) is 8.13. The number of para-hydroxylation sites is 1. The van der Waals surface area contributed by atoms with Crippen molar-refractivity contribution < 1.29 is 41.8 Å². The van der Waals surface area contributed by atoms with Gasteiger partial charge in [0.2, 0.25) is 0 Å². The number of fused-ring (bicyclic) bond motifs is 2. The first-order valence-corrected chi connectivity index (χ1v) is 11.8. The van der Waals surface area contributed by atoms with Crippen molar-refractivity contribution in [1.82, 2.24) is 9.88 Å². The summed E-state index contributed by atoms with van der Waals surface area (Å²) in [6.07, 6.45) is -2.26. The maximum atomic E-state index is 13.1. The third-order valence-corrected chi connectivity index (χ3v) is 6.62. The first-order chi connectivity index (χ1) is 17.6. The van der Waals surface area contributed by atoms with E-state index in [1.54, 1.807) is 6.20 Å². The maximum Gasteiger partial charge on any atom is 0.490 e. The normalized spacial score (nSPS) is 21.0. The van der Waals surface area contributed by atoms with Crippen LogP contribution >= 0.6 is 0 Å². The van der Waals surface area contributed by atoms with Crippen molar-refractivity contribution in [3.05, 3.63) is 65.7 Å². The second kappa shape index (κ2) is 11.3. The number of aromatic nitrogens is 1. The number of likely N-dealkylation sites (tertiary alicyclic amines) is 1. The van der Waals surface area contributed by atoms with Gasteiger partial charge in [0, 0.05) is 42.8 Å². The molecular weight excluding hydrogens is 493 g/mol. The van der Waals surface area contributed by atoms with E-state index in [9.17, 15) is 18.0 Å². The van der Waals surface area contributed by atoms with Gasteiger partial charge in [-0.3, -0.25) is 9.78 Å². The number of hydrogen-bond donors (Lipinski definition) is 1. The van der Waals surface area contributed by atoms with Crippen molar-refractivity contribution >= 4 is 22.8 Å². The molecule has 198 valence electrons. The number of carbonyl (C=O) groups is 2. The second-order valence-electron chi connectivity index (χ2n) is 9.02. The molecule has 2 aliphatic heterocycles. The van der Waals surface area contributed by atoms with Gasteiger partial charge in [-0.2, -0.15) is 13.2 Å². The number of alkyl halides is 3. The fraction of sp³-hybridized carbons (Fsp3) is 0.423. The zero-order chi connectivity index (χ0) is 26.6. The number of halogens is 3. The van der Waals surface area contributed by atoms with Crippen LogP contribution in [0.25, 0.3) is 11.0 Å². The summed E-state index contributed by atoms with van der Waals surface area (Å²) in [6, 6.07) is 13.6. The van der Waals surface area contributed by atoms with Crippen molar-refractivity contribution in [3.8, 4) is 0 Å². The molecule has 0 saturated carbocycles. The highest BCUT2D eigenvalue weighted by atomic mass is 19.4. The highest BCUT2D eigenvalue weighted by Gasteiger charge is 2.45. The topological polar surface area (TPSA) is 102 Å². The molecule has 5 rings (SSSR count). The Morgan fingerprint density at radius 3 is 2.57 bits per heavy atom. The molecule has 2 aromatic heterocycles. The lowest BCUT2D eigenvalue weighted by Gasteiger charge is -2.19. The molecule has 1 aromatic carbocycles. The molecule has 0 spiro atoms. The Morgan fingerprint density at radius 1 is 1.16 bits per heavy atom. The summed E-state index contributed by atoms with van der Waals surface area (Å²) in [4.78, 5) is 28.2. The molecule has 4 heterocycles. The molecule has 1 amide bonds. The molecule has 0 radical (unpaired) electrons. The van der Waals surface area contributed by atoms with E-state index in [0.29, 0.717) is 43.9 Å². The third kappa shape index (κ3) is 6.28. The molecular formula is C26H27F3N2O6. The monoisotopic (exact) mass is 520 g/mol. The molecule has 2 saturated heterocycles. The standard InChI is InChI=1S/C24H26N2O4.C2HF3O2/c1-16-19-7-2-3-8-21(19)30-23(16)24(27)26-12-20-17(14-29-22(20)13-26)9-11-28-15-18-6-4-5-10-25-18;3-2(4,5)1(6)7/h2-8,10,17,20,22H,9,11-15H2,1H3;(H,6,7)/t17-,20-,22-;/m0./s1. The average Bonchev–Trinajstić information content (AvgIpc) is 3.56. The summed E-state index contributed by atoms with van der Waals surface area (Å²) >= 11 is 0. The summed E-state index contributed by atoms with van der Waals surface area (Å²) < 4.78 is 49.4. The van der Waals surface area contributed by atoms with Crippen LogP contribution in [0.3, 0.4) is 0 Å². The van der Waals surface area contributed by atoms with Gasteiger partial charge in [0.1, 0.15) is 5.58 Å². The first kappa shape index (κ1) is 26.6. The van der Waals surface area contributed by atoms with Gasteiger partial charge in [-0.1, -0.05) is 24.3 Å². The zero-order valence-electron chi connectivity index (χ0n) is 20.1. The van der Waals surface area contributed by atoms with Crippen LogP contribution in [0.5, 0.6) is 0 Å². The molecule has 0 aliphatic carbocycles. The molecule has 11 heteroatoms. The predicted octanol–water partition coefficient (Wildman–Crippen LogP) is 4.46. The molecule has 0 bridgehead atoms. The summed E-state index contributed by atoms with van der Waals surface area (Å²) in [5.41, 5.74) is 2.61. The van der Waals surface area contributed by atoms with Crippen LogP contribution in [0.15, 0.2) is 53.1 Å². The highest BCUT2D eigenvalue weighted by Crippen LogP contribution is 2.37. The van der Waals surface area contributed by atoms with Crippen molar-refractivity contribution in [3.63, 3.8) is 0 Å². The van der Waals surface area contributed by atoms with E-state index in [4.69, 9.17) is 23.8 Å². The lowest BCUT2D eigenvalue weighted by Crippen LogP contribution is -2.31. The van der Waals surface area contributed by atoms with Crippen LogP contribution in [0, 0.1) is 18.8 Å². The van der Waals surface area contributed by atoms with E-state index in [1.807, 2.05) is 54.3 Å². The lowest BCUT2D eigenvalue weighted by molar-refractivity contribution is -0.192. The van der Waals surface area contributed by atoms with Crippen LogP contribution in [0.1, 0.15) is 28.2 Å². The largest absolute Gasteiger partial charge is 0.490 e. The van der Waals surface area contributed by atoms with Gasteiger partial charge in [0.25, 0.3) is 5.91 Å². The second-order valence-corrected chi connectivity index (χ2v) is 9.02. The smallest absolute Gasteiger partial charge is 0.475 e. The van der Waals surface area contributed by atoms with Gasteiger partial charge < -0.3 is 23.9 Å². The van der Waals surface area contributed by atoms with Gasteiger partial charge in [-0.15, -0.1) is 0 Å². The molecule has 0 unspecified atom stereocenters. The van der Waals surface area contributed by atoms with E-state index in [-0.39, 0.29) is 12.0 Å². The van der Waals surface area contributed by atoms with Crippen LogP contribution < -0.4 is 0 Å². The number of rotatable bonds is 6. The van der Waals surface area contributed by atoms with E-state index in [1.165, 1.54) is 0 Å². The van der Waals surface area contributed by atoms with Crippen LogP contribution in [-0.4, -0.2) is 65.5 Å². The number of carboxylic acid groups (broad SMARTS) is 1. The third-order valence-electron chi connectivity index (χ3n) is 6.62. The number of carbonyl (C=O) groups excluding carboxylic acids is 1. The average molecular weight is 521 g/mol. The van der Waals surface area contributed by atoms with Crippen LogP contribution in [0.4, 0.5) is 13.2 Å². The lowest BCUT2D eigenvalue weighted by atomic mass is 9.91. The van der Waals surface area contributed by atoms with Crippen molar-refractivity contribution in [2.24, 2.45) is 11.8 Å². The number of carboxylic acids is 1. The van der Waals surface area contributed by atoms with Crippen molar-refractivity contribution in [1.29, 1.82) is 0 Å². The fourth-order valence-corrected chi connectivity index (χ4v) is 4.68. The Morgan fingerprint density at radius 2 is 1.89 bits per heavy atom. The van der Waals surface area contributed by atoms with Gasteiger partial charge in [0.05, 0.1) is 25.0 Å². The summed E-state index contributed by atoms with van der Waals surface area (Å²) in [7, 11) is 0. The molecule has 2 aliphatic rings. The van der Waals surface area contributed by atoms with Gasteiger partial charge >= 0.3 is 12.1 Å². The molecule has 3 aromatic rings. The Labute approximate surface area is 211 Å². The van der Waals surface area contributed by atoms with Crippen molar-refractivity contribution in [2.75, 3.05) is 26.3 Å². The number of aliphatic carboxylic acids is 1. The van der Waals surface area contributed by atoms with Gasteiger partial charge in [-0.05, 0) is 37.5 Å².